The molecule has 452 valence electrons. The Morgan fingerprint density at radius 1 is 0.258 bits per heavy atom. The van der Waals surface area contributed by atoms with Gasteiger partial charge in [0.25, 0.3) is 0 Å². The Morgan fingerprint density at radius 3 is 0.517 bits per heavy atom. The summed E-state index contributed by atoms with van der Waals surface area (Å²) in [6.07, 6.45) is 0. The van der Waals surface area contributed by atoms with Crippen LogP contribution in [0.3, 0.4) is 0 Å². The highest BCUT2D eigenvalue weighted by Crippen LogP contribution is 2.28. The van der Waals surface area contributed by atoms with Crippen LogP contribution in [-0.2, 0) is 61.9 Å². The second-order valence-corrected chi connectivity index (χ2v) is 18.7. The molecule has 31 heteroatoms. The van der Waals surface area contributed by atoms with E-state index in [1.54, 1.807) is 0 Å². The summed E-state index contributed by atoms with van der Waals surface area (Å²) in [6, 6.07) is 22.3. The highest BCUT2D eigenvalue weighted by molar-refractivity contribution is 6.43. The van der Waals surface area contributed by atoms with Gasteiger partial charge in [0.05, 0.1) is 57.4 Å². The number of hydrogen-bond donors (Lipinski definition) is 0. The van der Waals surface area contributed by atoms with E-state index < -0.39 is 169 Å². The number of esters is 6. The normalized spacial score (nSPS) is 11.7. The van der Waals surface area contributed by atoms with E-state index >= 15 is 0 Å². The van der Waals surface area contributed by atoms with Crippen LogP contribution >= 0.6 is 0 Å². The molecule has 0 N–H and O–H groups in total. The minimum absolute atomic E-state index is 0.260. The number of carbonyl (C=O) groups is 6. The molecule has 0 aliphatic carbocycles. The molecule has 0 spiro atoms. The molecular weight excluding hydrogens is 1190 g/mol. The largest absolute Gasteiger partial charge is 0.456 e. The molecule has 0 saturated heterocycles. The summed E-state index contributed by atoms with van der Waals surface area (Å²) < 4.78 is 123. The van der Waals surface area contributed by atoms with Gasteiger partial charge >= 0.3 is 70.1 Å². The Hall–Kier alpha value is -12.0. The van der Waals surface area contributed by atoms with Crippen LogP contribution in [0, 0.1) is 45.7 Å². The Labute approximate surface area is 496 Å². The standard InChI is InChI=1S/C58H40F6N12O13/c59-39-13-1-33(2-14-39)45(71-65)51(77)84-27-57(28-85-52(78)46(72-66)34-3-15-40(60)16-4-34,29-86-53(79)47(73-67)35-5-17-41(61)18-6-35)25-83-26-58(30-87-54(80)48(74-68)36-7-19-42(62)20-8-36,31-88-55(81)49(75-69)37-9-21-43(63)22-10-37)32-89-56(82)50(76-70)38-11-23-44(64)24-12-38/h1-24H,25-32H2. The third kappa shape index (κ3) is 18.0. The van der Waals surface area contributed by atoms with Gasteiger partial charge in [0.2, 0.25) is 0 Å². The van der Waals surface area contributed by atoms with Crippen molar-refractivity contribution >= 4 is 70.1 Å². The predicted molar refractivity (Wildman–Crippen MR) is 286 cm³/mol. The van der Waals surface area contributed by atoms with Crippen LogP contribution in [0.5, 0.6) is 0 Å². The van der Waals surface area contributed by atoms with E-state index in [1.165, 1.54) is 0 Å². The lowest BCUT2D eigenvalue weighted by Crippen LogP contribution is -2.48. The molecule has 0 aromatic heterocycles. The summed E-state index contributed by atoms with van der Waals surface area (Å²) >= 11 is 0. The van der Waals surface area contributed by atoms with Gasteiger partial charge in [-0.2, -0.15) is 28.7 Å². The third-order valence-electron chi connectivity index (χ3n) is 12.3. The number of rotatable bonds is 28. The summed E-state index contributed by atoms with van der Waals surface area (Å²) in [7, 11) is 0. The zero-order chi connectivity index (χ0) is 64.7. The van der Waals surface area contributed by atoms with Crippen molar-refractivity contribution in [1.29, 1.82) is 0 Å². The molecule has 0 atom stereocenters. The topological polar surface area (TPSA) is 385 Å². The Balaban J connectivity index is 1.49. The second kappa shape index (κ2) is 31.2. The molecule has 0 unspecified atom stereocenters. The van der Waals surface area contributed by atoms with Crippen molar-refractivity contribution in [2.45, 2.75) is 0 Å². The van der Waals surface area contributed by atoms with E-state index in [0.29, 0.717) is 0 Å². The van der Waals surface area contributed by atoms with Gasteiger partial charge in [-0.15, -0.1) is 0 Å². The maximum Gasteiger partial charge on any atom is 0.422 e. The van der Waals surface area contributed by atoms with Crippen molar-refractivity contribution in [2.75, 3.05) is 52.9 Å². The van der Waals surface area contributed by atoms with Crippen molar-refractivity contribution in [3.63, 3.8) is 0 Å². The van der Waals surface area contributed by atoms with Gasteiger partial charge in [-0.05, 0) is 146 Å². The molecule has 89 heavy (non-hydrogen) atoms. The van der Waals surface area contributed by atoms with Crippen molar-refractivity contribution in [3.05, 3.63) is 247 Å². The molecule has 0 radical (unpaired) electrons. The van der Waals surface area contributed by atoms with Gasteiger partial charge < -0.3 is 66.3 Å². The van der Waals surface area contributed by atoms with Gasteiger partial charge in [0.1, 0.15) is 74.5 Å². The van der Waals surface area contributed by atoms with Crippen molar-refractivity contribution in [2.24, 2.45) is 10.8 Å². The van der Waals surface area contributed by atoms with E-state index in [9.17, 15) is 88.3 Å². The maximum atomic E-state index is 14.0. The highest BCUT2D eigenvalue weighted by Gasteiger charge is 2.45. The summed E-state index contributed by atoms with van der Waals surface area (Å²) in [5.74, 6) is -14.0. The number of hydrogen-bond acceptors (Lipinski definition) is 13. The SMILES string of the molecule is [N-]=[N+]=C(C(=O)OCC(COCC(COC(=O)C(=[N+]=[N-])c1ccc(F)cc1)(COC(=O)C(=[N+]=[N-])c1ccc(F)cc1)COC(=O)C(=[N+]=[N-])c1ccc(F)cc1)(COC(=O)C(=[N+]=[N-])c1ccc(F)cc1)COC(=O)C(=[N+]=[N-])c1ccc(F)cc1)c1ccc(F)cc1. The lowest BCUT2D eigenvalue weighted by Gasteiger charge is -2.35. The third-order valence-corrected chi connectivity index (χ3v) is 12.3. The fourth-order valence-electron chi connectivity index (χ4n) is 7.65. The van der Waals surface area contributed by atoms with Gasteiger partial charge in [-0.1, -0.05) is 0 Å². The minimum atomic E-state index is -2.45. The van der Waals surface area contributed by atoms with Gasteiger partial charge in [0.15, 0.2) is 0 Å². The number of nitrogens with zero attached hydrogens (tertiary/aromatic N) is 12. The van der Waals surface area contributed by atoms with E-state index in [1.807, 2.05) is 0 Å². The van der Waals surface area contributed by atoms with Gasteiger partial charge in [0, 0.05) is 0 Å². The zero-order valence-corrected chi connectivity index (χ0v) is 45.5. The first-order valence-electron chi connectivity index (χ1n) is 25.2. The summed E-state index contributed by atoms with van der Waals surface area (Å²) in [5, 5.41) is 0. The molecule has 6 rings (SSSR count). The first kappa shape index (κ1) is 66.1. The van der Waals surface area contributed by atoms with E-state index in [2.05, 4.69) is 28.7 Å². The lowest BCUT2D eigenvalue weighted by atomic mass is 9.90. The van der Waals surface area contributed by atoms with Crippen LogP contribution in [0.2, 0.25) is 0 Å². The van der Waals surface area contributed by atoms with Crippen LogP contribution in [0.25, 0.3) is 33.2 Å². The Morgan fingerprint density at radius 2 is 0.393 bits per heavy atom. The van der Waals surface area contributed by atoms with Crippen molar-refractivity contribution in [1.82, 2.24) is 0 Å². The molecule has 0 saturated carbocycles. The van der Waals surface area contributed by atoms with E-state index in [-0.39, 0.29) is 33.4 Å². The first-order chi connectivity index (χ1) is 42.7. The van der Waals surface area contributed by atoms with E-state index in [0.717, 1.165) is 146 Å². The van der Waals surface area contributed by atoms with Crippen LogP contribution in [-0.4, -0.2) is 152 Å². The average molecular weight is 1230 g/mol. The quantitative estimate of drug-likeness (QED) is 0.0149. The number of halogens is 6. The number of ether oxygens (including phenoxy) is 7. The monoisotopic (exact) mass is 1230 g/mol. The Kier molecular flexibility index (Phi) is 23.2. The average Bonchev–Trinajstić information content (AvgIpc) is 3.71. The summed E-state index contributed by atoms with van der Waals surface area (Å²) in [5.41, 5.74) is 48.1. The van der Waals surface area contributed by atoms with Crippen molar-refractivity contribution < 1.29 is 117 Å². The zero-order valence-electron chi connectivity index (χ0n) is 45.5. The predicted octanol–water partition coefficient (Wildman–Crippen LogP) is 5.38. The van der Waals surface area contributed by atoms with Gasteiger partial charge in [-0.25, -0.2) is 55.1 Å². The van der Waals surface area contributed by atoms with Crippen LogP contribution < -0.4 is 0 Å². The molecule has 0 amide bonds. The number of carbonyl (C=O) groups excluding carboxylic acids is 6. The fourth-order valence-corrected chi connectivity index (χ4v) is 7.65. The molecule has 6 aromatic carbocycles. The molecule has 0 fully saturated rings. The summed E-state index contributed by atoms with van der Waals surface area (Å²) in [4.78, 5) is 101. The first-order valence-corrected chi connectivity index (χ1v) is 25.2. The second-order valence-electron chi connectivity index (χ2n) is 18.7. The molecule has 0 bridgehead atoms. The molecule has 0 aliphatic heterocycles. The van der Waals surface area contributed by atoms with Crippen LogP contribution in [0.1, 0.15) is 33.4 Å². The lowest BCUT2D eigenvalue weighted by molar-refractivity contribution is -0.171. The highest BCUT2D eigenvalue weighted by atomic mass is 19.1. The van der Waals surface area contributed by atoms with Crippen LogP contribution in [0.4, 0.5) is 26.3 Å². The molecule has 25 nitrogen and oxygen atoms in total. The molecule has 0 heterocycles. The van der Waals surface area contributed by atoms with Crippen molar-refractivity contribution in [3.8, 4) is 0 Å². The molecule has 6 aromatic rings. The maximum absolute atomic E-state index is 14.0. The fraction of sp³-hybridized carbons (Fsp3) is 0.172. The number of benzene rings is 6. The molecule has 0 aliphatic rings. The smallest absolute Gasteiger partial charge is 0.422 e. The Bertz CT molecular complexity index is 3330. The van der Waals surface area contributed by atoms with Gasteiger partial charge in [-0.3, -0.25) is 0 Å². The van der Waals surface area contributed by atoms with E-state index in [4.69, 9.17) is 33.2 Å². The summed E-state index contributed by atoms with van der Waals surface area (Å²) in [6.45, 7) is -9.75. The minimum Gasteiger partial charge on any atom is -0.456 e. The molecular formula is C58H40F6N12O13. The van der Waals surface area contributed by atoms with Crippen LogP contribution in [0.15, 0.2) is 146 Å².